The second-order valence-electron chi connectivity index (χ2n) is 7.83. The van der Waals surface area contributed by atoms with Crippen LogP contribution in [-0.4, -0.2) is 29.8 Å². The van der Waals surface area contributed by atoms with Gasteiger partial charge < -0.3 is 21.1 Å². The van der Waals surface area contributed by atoms with Crippen molar-refractivity contribution in [2.75, 3.05) is 19.5 Å². The highest BCUT2D eigenvalue weighted by Crippen LogP contribution is 2.38. The normalized spacial score (nSPS) is 13.6. The van der Waals surface area contributed by atoms with E-state index in [0.717, 1.165) is 48.4 Å². The van der Waals surface area contributed by atoms with E-state index in [9.17, 15) is 4.79 Å². The molecule has 1 saturated carbocycles. The monoisotopic (exact) mass is 419 g/mol. The summed E-state index contributed by atoms with van der Waals surface area (Å²) in [4.78, 5) is 12.2. The van der Waals surface area contributed by atoms with Crippen LogP contribution in [0, 0.1) is 0 Å². The third kappa shape index (κ3) is 4.27. The quantitative estimate of drug-likeness (QED) is 0.491. The molecule has 0 saturated heterocycles. The van der Waals surface area contributed by atoms with Crippen LogP contribution in [0.3, 0.4) is 0 Å². The Balaban J connectivity index is 1.50. The average molecular weight is 420 g/mol. The molecule has 1 aliphatic rings. The van der Waals surface area contributed by atoms with Gasteiger partial charge in [-0.3, -0.25) is 4.79 Å². The summed E-state index contributed by atoms with van der Waals surface area (Å²) in [5.74, 6) is 1.12. The first-order valence-corrected chi connectivity index (χ1v) is 10.6. The van der Waals surface area contributed by atoms with Gasteiger partial charge in [0.1, 0.15) is 22.8 Å². The maximum Gasteiger partial charge on any atom is 0.254 e. The molecule has 0 spiro atoms. The lowest BCUT2D eigenvalue weighted by Crippen LogP contribution is -2.21. The van der Waals surface area contributed by atoms with Gasteiger partial charge >= 0.3 is 0 Å². The minimum absolute atomic E-state index is 0.327. The van der Waals surface area contributed by atoms with E-state index >= 15 is 0 Å². The lowest BCUT2D eigenvalue weighted by atomic mass is 9.93. The number of anilines is 1. The van der Waals surface area contributed by atoms with Crippen LogP contribution in [0.5, 0.6) is 5.75 Å². The summed E-state index contributed by atoms with van der Waals surface area (Å²) in [7, 11) is 3.49. The summed E-state index contributed by atoms with van der Waals surface area (Å²) < 4.78 is 7.33. The first-order chi connectivity index (χ1) is 15.1. The van der Waals surface area contributed by atoms with Crippen molar-refractivity contribution >= 4 is 11.7 Å². The molecule has 0 atom stereocenters. The van der Waals surface area contributed by atoms with E-state index in [0.29, 0.717) is 23.1 Å². The van der Waals surface area contributed by atoms with Gasteiger partial charge in [0.15, 0.2) is 0 Å². The Kier molecular flexibility index (Phi) is 6.23. The van der Waals surface area contributed by atoms with E-state index in [4.69, 9.17) is 15.6 Å². The number of hydrogen-bond donors (Lipinski definition) is 3. The Morgan fingerprint density at radius 1 is 1.16 bits per heavy atom. The lowest BCUT2D eigenvalue weighted by molar-refractivity contribution is 0.100. The van der Waals surface area contributed by atoms with Crippen LogP contribution < -0.4 is 21.1 Å². The van der Waals surface area contributed by atoms with Crippen LogP contribution in [0.4, 0.5) is 5.82 Å². The third-order valence-electron chi connectivity index (χ3n) is 5.88. The maximum absolute atomic E-state index is 12.2. The number of rotatable bonds is 9. The fourth-order valence-electron chi connectivity index (χ4n) is 3.98. The van der Waals surface area contributed by atoms with Crippen LogP contribution in [0.25, 0.3) is 11.3 Å². The molecule has 7 heteroatoms. The number of aromatic nitrogens is 2. The minimum atomic E-state index is -0.465. The highest BCUT2D eigenvalue weighted by molar-refractivity contribution is 6.03. The molecule has 0 unspecified atom stereocenters. The van der Waals surface area contributed by atoms with E-state index < -0.39 is 5.91 Å². The van der Waals surface area contributed by atoms with Gasteiger partial charge in [0.25, 0.3) is 5.91 Å². The van der Waals surface area contributed by atoms with Gasteiger partial charge in [-0.25, -0.2) is 4.68 Å². The highest BCUT2D eigenvalue weighted by Gasteiger charge is 2.29. The lowest BCUT2D eigenvalue weighted by Gasteiger charge is -2.27. The van der Waals surface area contributed by atoms with Crippen molar-refractivity contribution in [3.05, 3.63) is 65.2 Å². The molecule has 1 aliphatic carbocycles. The number of benzene rings is 2. The van der Waals surface area contributed by atoms with Crippen molar-refractivity contribution < 1.29 is 9.53 Å². The molecule has 4 N–H and O–H groups in total. The number of ether oxygens (including phenoxy) is 1. The fourth-order valence-corrected chi connectivity index (χ4v) is 3.98. The zero-order chi connectivity index (χ0) is 21.8. The number of carbonyl (C=O) groups excluding carboxylic acids is 1. The van der Waals surface area contributed by atoms with Crippen LogP contribution in [0.1, 0.15) is 46.8 Å². The van der Waals surface area contributed by atoms with E-state index in [1.165, 1.54) is 6.42 Å². The Labute approximate surface area is 182 Å². The number of amides is 1. The molecule has 1 amide bonds. The van der Waals surface area contributed by atoms with Crippen molar-refractivity contribution in [1.29, 1.82) is 0 Å². The van der Waals surface area contributed by atoms with Crippen molar-refractivity contribution in [1.82, 2.24) is 15.1 Å². The zero-order valence-electron chi connectivity index (χ0n) is 18.0. The zero-order valence-corrected chi connectivity index (χ0v) is 18.0. The fraction of sp³-hybridized carbons (Fsp3) is 0.333. The predicted octanol–water partition coefficient (Wildman–Crippen LogP) is 3.71. The standard InChI is InChI=1S/C24H29N5O2/c1-26-24-21(23(25)30)22(28-29(24)19-7-5-8-19)17-12-10-16(11-13-17)14-27-15-18-6-3-4-9-20(18)31-2/h3-4,6,9-13,19,26-27H,5,7-8,14-15H2,1-2H3,(H2,25,30). The summed E-state index contributed by atoms with van der Waals surface area (Å²) in [6.45, 7) is 1.44. The van der Waals surface area contributed by atoms with E-state index in [1.54, 1.807) is 14.2 Å². The van der Waals surface area contributed by atoms with Crippen LogP contribution in [0.2, 0.25) is 0 Å². The van der Waals surface area contributed by atoms with Gasteiger partial charge in [-0.05, 0) is 30.9 Å². The molecule has 1 heterocycles. The maximum atomic E-state index is 12.2. The van der Waals surface area contributed by atoms with Gasteiger partial charge in [0, 0.05) is 31.3 Å². The number of hydrogen-bond acceptors (Lipinski definition) is 5. The second kappa shape index (κ2) is 9.22. The molecule has 3 aromatic rings. The molecule has 162 valence electrons. The average Bonchev–Trinajstić information content (AvgIpc) is 3.12. The van der Waals surface area contributed by atoms with E-state index in [-0.39, 0.29) is 0 Å². The molecular formula is C24H29N5O2. The van der Waals surface area contributed by atoms with Crippen molar-refractivity contribution in [2.24, 2.45) is 5.73 Å². The largest absolute Gasteiger partial charge is 0.496 e. The predicted molar refractivity (Wildman–Crippen MR) is 122 cm³/mol. The van der Waals surface area contributed by atoms with Crippen LogP contribution in [0.15, 0.2) is 48.5 Å². The number of nitrogens with one attached hydrogen (secondary N) is 2. The van der Waals surface area contributed by atoms with Crippen molar-refractivity contribution in [3.8, 4) is 17.0 Å². The van der Waals surface area contributed by atoms with Gasteiger partial charge in [-0.15, -0.1) is 0 Å². The Hall–Kier alpha value is -3.32. The number of para-hydroxylation sites is 1. The van der Waals surface area contributed by atoms with Gasteiger partial charge in [0.05, 0.1) is 13.2 Å². The van der Waals surface area contributed by atoms with Crippen LogP contribution in [-0.2, 0) is 13.1 Å². The Morgan fingerprint density at radius 2 is 1.90 bits per heavy atom. The molecule has 7 nitrogen and oxygen atoms in total. The smallest absolute Gasteiger partial charge is 0.254 e. The molecule has 0 bridgehead atoms. The summed E-state index contributed by atoms with van der Waals surface area (Å²) in [6.07, 6.45) is 3.33. The minimum Gasteiger partial charge on any atom is -0.496 e. The number of methoxy groups -OCH3 is 1. The second-order valence-corrected chi connectivity index (χ2v) is 7.83. The molecule has 4 rings (SSSR count). The molecule has 0 radical (unpaired) electrons. The molecular weight excluding hydrogens is 390 g/mol. The van der Waals surface area contributed by atoms with Gasteiger partial charge in [-0.2, -0.15) is 5.10 Å². The summed E-state index contributed by atoms with van der Waals surface area (Å²) in [5.41, 5.74) is 9.96. The van der Waals surface area contributed by atoms with Crippen LogP contribution >= 0.6 is 0 Å². The number of carbonyl (C=O) groups is 1. The molecule has 1 fully saturated rings. The third-order valence-corrected chi connectivity index (χ3v) is 5.88. The Bertz CT molecular complexity index is 1050. The summed E-state index contributed by atoms with van der Waals surface area (Å²) >= 11 is 0. The topological polar surface area (TPSA) is 94.2 Å². The van der Waals surface area contributed by atoms with Gasteiger partial charge in [0.2, 0.25) is 0 Å². The highest BCUT2D eigenvalue weighted by atomic mass is 16.5. The molecule has 31 heavy (non-hydrogen) atoms. The van der Waals surface area contributed by atoms with Crippen molar-refractivity contribution in [2.45, 2.75) is 38.4 Å². The Morgan fingerprint density at radius 3 is 2.52 bits per heavy atom. The summed E-state index contributed by atoms with van der Waals surface area (Å²) in [5, 5.41) is 11.3. The number of nitrogens with two attached hydrogens (primary N) is 1. The number of nitrogens with zero attached hydrogens (tertiary/aromatic N) is 2. The first-order valence-electron chi connectivity index (χ1n) is 10.6. The summed E-state index contributed by atoms with van der Waals surface area (Å²) in [6, 6.07) is 16.4. The van der Waals surface area contributed by atoms with E-state index in [2.05, 4.69) is 28.8 Å². The van der Waals surface area contributed by atoms with Crippen molar-refractivity contribution in [3.63, 3.8) is 0 Å². The SMILES string of the molecule is CNc1c(C(N)=O)c(-c2ccc(CNCc3ccccc3OC)cc2)nn1C1CCC1. The molecule has 2 aromatic carbocycles. The molecule has 0 aliphatic heterocycles. The van der Waals surface area contributed by atoms with Gasteiger partial charge in [-0.1, -0.05) is 42.5 Å². The number of primary amides is 1. The van der Waals surface area contributed by atoms with E-state index in [1.807, 2.05) is 35.0 Å². The first kappa shape index (κ1) is 20.9. The molecule has 1 aromatic heterocycles.